The summed E-state index contributed by atoms with van der Waals surface area (Å²) in [6, 6.07) is 14.4. The van der Waals surface area contributed by atoms with Crippen LogP contribution in [0.5, 0.6) is 5.75 Å². The smallest absolute Gasteiger partial charge is 0.411 e. The fourth-order valence-corrected chi connectivity index (χ4v) is 6.66. The SMILES string of the molecule is CC[C@H](N(O)C[C@@H](C)CS(=O)(=O)c1ccc2c(c1)CCO2)N(Cc1ccccc1)C(=O)OCc1cncs1. The standard InChI is InChI=1S/C27H33N3O6S2/c1-3-26(29(16-21-7-5-4-6-8-21)27(31)36-17-23-14-28-19-37-23)30(32)15-20(2)18-38(33,34)24-9-10-25-22(13-24)11-12-35-25/h4-10,13-14,19-20,26,32H,3,11-12,15-18H2,1-2H3/t20-,26+/m1/s1. The summed E-state index contributed by atoms with van der Waals surface area (Å²) in [4.78, 5) is 19.7. The molecule has 0 spiro atoms. The first-order valence-corrected chi connectivity index (χ1v) is 15.1. The number of benzene rings is 2. The van der Waals surface area contributed by atoms with Gasteiger partial charge in [-0.1, -0.05) is 44.2 Å². The first-order chi connectivity index (χ1) is 18.3. The van der Waals surface area contributed by atoms with Gasteiger partial charge >= 0.3 is 6.09 Å². The number of hydrogen-bond donors (Lipinski definition) is 1. The lowest BCUT2D eigenvalue weighted by Gasteiger charge is -2.36. The molecule has 0 fully saturated rings. The van der Waals surface area contributed by atoms with Crippen molar-refractivity contribution in [2.45, 2.75) is 50.9 Å². The minimum absolute atomic E-state index is 0.0548. The Morgan fingerprint density at radius 3 is 2.74 bits per heavy atom. The van der Waals surface area contributed by atoms with Crippen LogP contribution in [0.2, 0.25) is 0 Å². The molecule has 2 heterocycles. The van der Waals surface area contributed by atoms with Gasteiger partial charge in [-0.2, -0.15) is 5.06 Å². The molecule has 2 aromatic carbocycles. The number of carbonyl (C=O) groups excluding carboxylic acids is 1. The van der Waals surface area contributed by atoms with E-state index in [9.17, 15) is 18.4 Å². The highest BCUT2D eigenvalue weighted by Gasteiger charge is 2.31. The van der Waals surface area contributed by atoms with E-state index >= 15 is 0 Å². The summed E-state index contributed by atoms with van der Waals surface area (Å²) in [5, 5.41) is 12.1. The van der Waals surface area contributed by atoms with Crippen molar-refractivity contribution in [3.8, 4) is 5.75 Å². The number of carbonyl (C=O) groups is 1. The van der Waals surface area contributed by atoms with E-state index in [0.29, 0.717) is 19.4 Å². The molecule has 3 aromatic rings. The Labute approximate surface area is 227 Å². The Morgan fingerprint density at radius 1 is 1.24 bits per heavy atom. The number of thiazole rings is 1. The maximum Gasteiger partial charge on any atom is 0.411 e. The highest BCUT2D eigenvalue weighted by molar-refractivity contribution is 7.91. The third-order valence-corrected chi connectivity index (χ3v) is 9.08. The number of ether oxygens (including phenoxy) is 2. The minimum atomic E-state index is -3.58. The third-order valence-electron chi connectivity index (χ3n) is 6.34. The summed E-state index contributed by atoms with van der Waals surface area (Å²) in [6.45, 7) is 4.54. The summed E-state index contributed by atoms with van der Waals surface area (Å²) in [5.74, 6) is 0.176. The van der Waals surface area contributed by atoms with Crippen LogP contribution >= 0.6 is 11.3 Å². The van der Waals surface area contributed by atoms with Crippen LogP contribution in [-0.2, 0) is 34.1 Å². The van der Waals surface area contributed by atoms with E-state index < -0.39 is 28.0 Å². The summed E-state index contributed by atoms with van der Waals surface area (Å²) in [5.41, 5.74) is 3.44. The van der Waals surface area contributed by atoms with Crippen molar-refractivity contribution in [3.05, 3.63) is 76.2 Å². The van der Waals surface area contributed by atoms with Crippen LogP contribution in [-0.4, -0.2) is 59.7 Å². The maximum absolute atomic E-state index is 13.2. The quantitative estimate of drug-likeness (QED) is 0.250. The van der Waals surface area contributed by atoms with Crippen LogP contribution < -0.4 is 4.74 Å². The van der Waals surface area contributed by atoms with Crippen LogP contribution in [0.15, 0.2) is 65.1 Å². The van der Waals surface area contributed by atoms with Gasteiger partial charge in [0.2, 0.25) is 0 Å². The van der Waals surface area contributed by atoms with E-state index in [2.05, 4.69) is 4.98 Å². The predicted molar refractivity (Wildman–Crippen MR) is 144 cm³/mol. The molecule has 0 saturated heterocycles. The molecular formula is C27H33N3O6S2. The molecule has 1 aliphatic heterocycles. The van der Waals surface area contributed by atoms with E-state index in [-0.39, 0.29) is 30.3 Å². The number of amides is 1. The number of hydroxylamine groups is 2. The molecule has 0 unspecified atom stereocenters. The molecule has 1 aromatic heterocycles. The number of aromatic nitrogens is 1. The van der Waals surface area contributed by atoms with Gasteiger partial charge in [-0.15, -0.1) is 11.3 Å². The highest BCUT2D eigenvalue weighted by atomic mass is 32.2. The van der Waals surface area contributed by atoms with E-state index in [4.69, 9.17) is 9.47 Å². The van der Waals surface area contributed by atoms with Crippen molar-refractivity contribution in [1.29, 1.82) is 0 Å². The monoisotopic (exact) mass is 559 g/mol. The molecule has 0 saturated carbocycles. The van der Waals surface area contributed by atoms with Crippen LogP contribution in [0.1, 0.15) is 36.3 Å². The molecule has 204 valence electrons. The van der Waals surface area contributed by atoms with Crippen molar-refractivity contribution in [3.63, 3.8) is 0 Å². The lowest BCUT2D eigenvalue weighted by molar-refractivity contribution is -0.174. The summed E-state index contributed by atoms with van der Waals surface area (Å²) in [6.07, 6.45) is 1.45. The topological polar surface area (TPSA) is 109 Å². The molecular weight excluding hydrogens is 526 g/mol. The molecule has 1 N–H and O–H groups in total. The Morgan fingerprint density at radius 2 is 2.03 bits per heavy atom. The molecule has 9 nitrogen and oxygen atoms in total. The summed E-state index contributed by atoms with van der Waals surface area (Å²) < 4.78 is 37.3. The van der Waals surface area contributed by atoms with Gasteiger partial charge in [-0.05, 0) is 41.7 Å². The average molecular weight is 560 g/mol. The fraction of sp³-hybridized carbons (Fsp3) is 0.407. The second-order valence-corrected chi connectivity index (χ2v) is 12.4. The Balaban J connectivity index is 1.44. The maximum atomic E-state index is 13.2. The van der Waals surface area contributed by atoms with Gasteiger partial charge in [0.1, 0.15) is 18.5 Å². The Kier molecular flexibility index (Phi) is 9.37. The lowest BCUT2D eigenvalue weighted by atomic mass is 10.1. The molecule has 0 radical (unpaired) electrons. The first kappa shape index (κ1) is 28.0. The van der Waals surface area contributed by atoms with E-state index in [0.717, 1.165) is 26.8 Å². The number of sulfone groups is 1. The minimum Gasteiger partial charge on any atom is -0.493 e. The Hall–Kier alpha value is -2.99. The largest absolute Gasteiger partial charge is 0.493 e. The molecule has 0 aliphatic carbocycles. The first-order valence-electron chi connectivity index (χ1n) is 12.6. The zero-order valence-electron chi connectivity index (χ0n) is 21.5. The molecule has 1 amide bonds. The molecule has 0 bridgehead atoms. The van der Waals surface area contributed by atoms with Crippen molar-refractivity contribution in [2.24, 2.45) is 5.92 Å². The van der Waals surface area contributed by atoms with Crippen molar-refractivity contribution >= 4 is 27.3 Å². The fourth-order valence-electron chi connectivity index (χ4n) is 4.51. The van der Waals surface area contributed by atoms with E-state index in [1.807, 2.05) is 37.3 Å². The zero-order chi connectivity index (χ0) is 27.1. The van der Waals surface area contributed by atoms with Crippen LogP contribution in [0.3, 0.4) is 0 Å². The summed E-state index contributed by atoms with van der Waals surface area (Å²) >= 11 is 1.39. The molecule has 38 heavy (non-hydrogen) atoms. The number of nitrogens with zero attached hydrogens (tertiary/aromatic N) is 3. The van der Waals surface area contributed by atoms with Gasteiger partial charge < -0.3 is 14.7 Å². The highest BCUT2D eigenvalue weighted by Crippen LogP contribution is 2.28. The van der Waals surface area contributed by atoms with Crippen molar-refractivity contribution in [2.75, 3.05) is 18.9 Å². The van der Waals surface area contributed by atoms with E-state index in [1.165, 1.54) is 16.2 Å². The van der Waals surface area contributed by atoms with Crippen LogP contribution in [0, 0.1) is 5.92 Å². The van der Waals surface area contributed by atoms with Crippen LogP contribution in [0.4, 0.5) is 4.79 Å². The summed E-state index contributed by atoms with van der Waals surface area (Å²) in [7, 11) is -3.58. The number of fused-ring (bicyclic) bond motifs is 1. The second kappa shape index (κ2) is 12.7. The normalized spacial score (nSPS) is 14.5. The van der Waals surface area contributed by atoms with E-state index in [1.54, 1.807) is 36.8 Å². The molecule has 2 atom stereocenters. The second-order valence-electron chi connectivity index (χ2n) is 9.40. The van der Waals surface area contributed by atoms with Crippen LogP contribution in [0.25, 0.3) is 0 Å². The van der Waals surface area contributed by atoms with Gasteiger partial charge in [0.05, 0.1) is 34.2 Å². The lowest BCUT2D eigenvalue weighted by Crippen LogP contribution is -2.50. The number of hydrogen-bond acceptors (Lipinski definition) is 9. The average Bonchev–Trinajstić information content (AvgIpc) is 3.59. The molecule has 4 rings (SSSR count). The molecule has 11 heteroatoms. The van der Waals surface area contributed by atoms with Gasteiger partial charge in [0.25, 0.3) is 0 Å². The van der Waals surface area contributed by atoms with Crippen molar-refractivity contribution < 1.29 is 27.9 Å². The Bertz CT molecular complexity index is 1300. The van der Waals surface area contributed by atoms with Gasteiger partial charge in [0.15, 0.2) is 9.84 Å². The predicted octanol–water partition coefficient (Wildman–Crippen LogP) is 4.75. The third kappa shape index (κ3) is 7.10. The molecule has 1 aliphatic rings. The van der Waals surface area contributed by atoms with Gasteiger partial charge in [-0.3, -0.25) is 9.88 Å². The van der Waals surface area contributed by atoms with Gasteiger partial charge in [0, 0.05) is 19.2 Å². The van der Waals surface area contributed by atoms with Gasteiger partial charge in [-0.25, -0.2) is 13.2 Å². The number of rotatable bonds is 12. The van der Waals surface area contributed by atoms with Crippen molar-refractivity contribution in [1.82, 2.24) is 14.9 Å². The zero-order valence-corrected chi connectivity index (χ0v) is 23.2.